The second-order valence-electron chi connectivity index (χ2n) is 4.45. The first-order valence-electron chi connectivity index (χ1n) is 6.39. The third-order valence-electron chi connectivity index (χ3n) is 3.02. The Balaban J connectivity index is 2.17. The molecule has 2 aromatic carbocycles. The first kappa shape index (κ1) is 14.0. The molecule has 3 aromatic rings. The van der Waals surface area contributed by atoms with Crippen LogP contribution in [0, 0.1) is 11.3 Å². The van der Waals surface area contributed by atoms with Crippen molar-refractivity contribution in [2.24, 2.45) is 0 Å². The second-order valence-corrected chi connectivity index (χ2v) is 6.30. The number of benzene rings is 2. The van der Waals surface area contributed by atoms with E-state index in [1.807, 2.05) is 6.07 Å². The molecular weight excluding hydrogens is 300 g/mol. The first-order valence-corrected chi connectivity index (χ1v) is 7.88. The van der Waals surface area contributed by atoms with Crippen molar-refractivity contribution in [1.29, 1.82) is 5.26 Å². The van der Waals surface area contributed by atoms with Crippen molar-refractivity contribution in [3.8, 4) is 17.5 Å². The summed E-state index contributed by atoms with van der Waals surface area (Å²) in [6, 6.07) is 18.4. The monoisotopic (exact) mass is 310 g/mol. The Labute approximate surface area is 127 Å². The lowest BCUT2D eigenvalue weighted by molar-refractivity contribution is 0.457. The van der Waals surface area contributed by atoms with Crippen molar-refractivity contribution < 1.29 is 12.8 Å². The van der Waals surface area contributed by atoms with E-state index in [0.717, 1.165) is 0 Å². The van der Waals surface area contributed by atoms with Gasteiger partial charge in [0.25, 0.3) is 5.09 Å². The summed E-state index contributed by atoms with van der Waals surface area (Å²) in [5, 5.41) is 8.72. The van der Waals surface area contributed by atoms with Crippen LogP contribution in [-0.2, 0) is 9.84 Å². The fourth-order valence-electron chi connectivity index (χ4n) is 1.97. The normalized spacial score (nSPS) is 11.0. The molecule has 0 bridgehead atoms. The van der Waals surface area contributed by atoms with Gasteiger partial charge in [0.1, 0.15) is 6.07 Å². The van der Waals surface area contributed by atoms with Crippen LogP contribution in [0.3, 0.4) is 0 Å². The summed E-state index contributed by atoms with van der Waals surface area (Å²) in [7, 11) is -3.92. The highest BCUT2D eigenvalue weighted by Crippen LogP contribution is 2.28. The lowest BCUT2D eigenvalue weighted by atomic mass is 10.2. The number of hydrogen-bond donors (Lipinski definition) is 0. The highest BCUT2D eigenvalue weighted by atomic mass is 32.2. The van der Waals surface area contributed by atoms with Crippen LogP contribution in [0.15, 0.2) is 75.1 Å². The summed E-state index contributed by atoms with van der Waals surface area (Å²) in [6.45, 7) is 0. The molecule has 0 unspecified atom stereocenters. The minimum absolute atomic E-state index is 0.0576. The largest absolute Gasteiger partial charge is 0.423 e. The predicted octanol–water partition coefficient (Wildman–Crippen LogP) is 3.05. The van der Waals surface area contributed by atoms with Gasteiger partial charge in [-0.1, -0.05) is 36.4 Å². The van der Waals surface area contributed by atoms with Crippen molar-refractivity contribution in [1.82, 2.24) is 4.98 Å². The Morgan fingerprint density at radius 1 is 0.955 bits per heavy atom. The number of hydrogen-bond acceptors (Lipinski definition) is 5. The SMILES string of the molecule is N#Cc1nc(-c2ccccc2)oc1S(=O)(=O)c1ccccc1. The quantitative estimate of drug-likeness (QED) is 0.742. The Hall–Kier alpha value is -2.91. The molecule has 0 aliphatic heterocycles. The molecule has 0 aliphatic carbocycles. The first-order chi connectivity index (χ1) is 10.6. The number of rotatable bonds is 3. The van der Waals surface area contributed by atoms with Gasteiger partial charge in [-0.05, 0) is 24.3 Å². The fraction of sp³-hybridized carbons (Fsp3) is 0. The zero-order chi connectivity index (χ0) is 15.6. The number of nitrogens with zero attached hydrogens (tertiary/aromatic N) is 2. The zero-order valence-corrected chi connectivity index (χ0v) is 12.1. The van der Waals surface area contributed by atoms with Gasteiger partial charge in [0.2, 0.25) is 15.7 Å². The predicted molar refractivity (Wildman–Crippen MR) is 78.5 cm³/mol. The van der Waals surface area contributed by atoms with E-state index in [2.05, 4.69) is 4.98 Å². The summed E-state index contributed by atoms with van der Waals surface area (Å²) in [5.74, 6) is 0.103. The summed E-state index contributed by atoms with van der Waals surface area (Å²) in [5.41, 5.74) is 0.358. The van der Waals surface area contributed by atoms with Gasteiger partial charge in [0, 0.05) is 5.56 Å². The molecule has 3 rings (SSSR count). The molecule has 0 saturated heterocycles. The fourth-order valence-corrected chi connectivity index (χ4v) is 3.23. The molecule has 22 heavy (non-hydrogen) atoms. The van der Waals surface area contributed by atoms with Crippen molar-refractivity contribution >= 4 is 9.84 Å². The Morgan fingerprint density at radius 2 is 1.55 bits per heavy atom. The number of oxazole rings is 1. The molecule has 0 amide bonds. The van der Waals surface area contributed by atoms with Gasteiger partial charge < -0.3 is 4.42 Å². The molecule has 0 saturated carbocycles. The maximum Gasteiger partial charge on any atom is 0.261 e. The van der Waals surface area contributed by atoms with E-state index in [0.29, 0.717) is 5.56 Å². The highest BCUT2D eigenvalue weighted by molar-refractivity contribution is 7.91. The van der Waals surface area contributed by atoms with E-state index in [1.165, 1.54) is 12.1 Å². The number of sulfone groups is 1. The van der Waals surface area contributed by atoms with Crippen LogP contribution in [0.4, 0.5) is 0 Å². The van der Waals surface area contributed by atoms with Crippen molar-refractivity contribution in [3.05, 3.63) is 66.4 Å². The van der Waals surface area contributed by atoms with Crippen molar-refractivity contribution in [2.75, 3.05) is 0 Å². The van der Waals surface area contributed by atoms with E-state index >= 15 is 0 Å². The van der Waals surface area contributed by atoms with E-state index in [-0.39, 0.29) is 16.5 Å². The van der Waals surface area contributed by atoms with E-state index < -0.39 is 14.9 Å². The number of nitriles is 1. The Morgan fingerprint density at radius 3 is 2.14 bits per heavy atom. The topological polar surface area (TPSA) is 84.0 Å². The smallest absolute Gasteiger partial charge is 0.261 e. The van der Waals surface area contributed by atoms with Crippen LogP contribution in [0.1, 0.15) is 5.69 Å². The summed E-state index contributed by atoms with van der Waals surface area (Å²) in [4.78, 5) is 4.04. The molecule has 0 radical (unpaired) electrons. The van der Waals surface area contributed by atoms with E-state index in [1.54, 1.807) is 48.5 Å². The average molecular weight is 310 g/mol. The molecule has 1 heterocycles. The third kappa shape index (κ3) is 2.38. The van der Waals surface area contributed by atoms with Gasteiger partial charge in [0.15, 0.2) is 5.69 Å². The maximum atomic E-state index is 12.6. The van der Waals surface area contributed by atoms with Gasteiger partial charge in [-0.2, -0.15) is 10.2 Å². The van der Waals surface area contributed by atoms with Crippen LogP contribution in [-0.4, -0.2) is 13.4 Å². The molecule has 108 valence electrons. The third-order valence-corrected chi connectivity index (χ3v) is 4.68. The van der Waals surface area contributed by atoms with Gasteiger partial charge in [-0.3, -0.25) is 0 Å². The summed E-state index contributed by atoms with van der Waals surface area (Å²) >= 11 is 0. The minimum Gasteiger partial charge on any atom is -0.423 e. The minimum atomic E-state index is -3.92. The molecule has 0 atom stereocenters. The van der Waals surface area contributed by atoms with E-state index in [4.69, 9.17) is 9.68 Å². The van der Waals surface area contributed by atoms with Gasteiger partial charge in [-0.25, -0.2) is 8.42 Å². The molecule has 1 aromatic heterocycles. The maximum absolute atomic E-state index is 12.6. The van der Waals surface area contributed by atoms with Crippen LogP contribution >= 0.6 is 0 Å². The molecule has 6 heteroatoms. The molecule has 0 spiro atoms. The zero-order valence-electron chi connectivity index (χ0n) is 11.3. The van der Waals surface area contributed by atoms with Gasteiger partial charge in [-0.15, -0.1) is 0 Å². The number of aromatic nitrogens is 1. The second kappa shape index (κ2) is 5.47. The van der Waals surface area contributed by atoms with Gasteiger partial charge in [0.05, 0.1) is 4.90 Å². The molecule has 0 fully saturated rings. The molecule has 5 nitrogen and oxygen atoms in total. The van der Waals surface area contributed by atoms with Crippen LogP contribution in [0.25, 0.3) is 11.5 Å². The Kier molecular flexibility index (Phi) is 3.49. The Bertz CT molecular complexity index is 940. The van der Waals surface area contributed by atoms with Gasteiger partial charge >= 0.3 is 0 Å². The standard InChI is InChI=1S/C16H10N2O3S/c17-11-14-16(22(19,20)13-9-5-2-6-10-13)21-15(18-14)12-7-3-1-4-8-12/h1-10H. The summed E-state index contributed by atoms with van der Waals surface area (Å²) < 4.78 is 30.5. The van der Waals surface area contributed by atoms with E-state index in [9.17, 15) is 8.42 Å². The van der Waals surface area contributed by atoms with Crippen molar-refractivity contribution in [3.63, 3.8) is 0 Å². The lowest BCUT2D eigenvalue weighted by Crippen LogP contribution is -2.02. The lowest BCUT2D eigenvalue weighted by Gasteiger charge is -2.00. The molecule has 0 N–H and O–H groups in total. The molecular formula is C16H10N2O3S. The van der Waals surface area contributed by atoms with Crippen LogP contribution < -0.4 is 0 Å². The average Bonchev–Trinajstić information content (AvgIpc) is 3.02. The molecule has 0 aliphatic rings. The summed E-state index contributed by atoms with van der Waals surface area (Å²) in [6.07, 6.45) is 0. The van der Waals surface area contributed by atoms with Crippen LogP contribution in [0.5, 0.6) is 0 Å². The highest BCUT2D eigenvalue weighted by Gasteiger charge is 2.28. The van der Waals surface area contributed by atoms with Crippen molar-refractivity contribution in [2.45, 2.75) is 9.99 Å². The van der Waals surface area contributed by atoms with Crippen LogP contribution in [0.2, 0.25) is 0 Å².